The lowest BCUT2D eigenvalue weighted by atomic mass is 10.4. The summed E-state index contributed by atoms with van der Waals surface area (Å²) in [5, 5.41) is 14.2. The van der Waals surface area contributed by atoms with Gasteiger partial charge in [-0.2, -0.15) is 17.0 Å². The predicted molar refractivity (Wildman–Crippen MR) is 80.5 cm³/mol. The highest BCUT2D eigenvalue weighted by Gasteiger charge is 2.00. The number of rotatable bonds is 5. The molecule has 0 radical (unpaired) electrons. The van der Waals surface area contributed by atoms with Crippen molar-refractivity contribution < 1.29 is 5.48 Å². The van der Waals surface area contributed by atoms with Crippen LogP contribution in [0, 0.1) is 18.4 Å². The summed E-state index contributed by atoms with van der Waals surface area (Å²) in [7, 11) is 1.73. The van der Waals surface area contributed by atoms with Gasteiger partial charge < -0.3 is 21.1 Å². The first kappa shape index (κ1) is 19.9. The third kappa shape index (κ3) is 7.56. The Morgan fingerprint density at radius 1 is 1.63 bits per heavy atom. The van der Waals surface area contributed by atoms with E-state index in [1.54, 1.807) is 31.3 Å². The van der Waals surface area contributed by atoms with Gasteiger partial charge in [0.15, 0.2) is 0 Å². The maximum absolute atomic E-state index is 8.39. The van der Waals surface area contributed by atoms with Crippen molar-refractivity contribution in [2.75, 3.05) is 19.3 Å². The summed E-state index contributed by atoms with van der Waals surface area (Å²) in [6, 6.07) is 0. The number of imidazole rings is 1. The number of aromatic amines is 1. The number of nitriles is 1. The van der Waals surface area contributed by atoms with E-state index in [1.807, 2.05) is 6.92 Å². The van der Waals surface area contributed by atoms with Gasteiger partial charge in [0.05, 0.1) is 12.0 Å². The molecule has 108 valence electrons. The van der Waals surface area contributed by atoms with Crippen LogP contribution in [0.3, 0.4) is 0 Å². The molecule has 9 heteroatoms. The summed E-state index contributed by atoms with van der Waals surface area (Å²) in [4.78, 5) is 10.8. The van der Waals surface area contributed by atoms with E-state index < -0.39 is 0 Å². The van der Waals surface area contributed by atoms with Gasteiger partial charge >= 0.3 is 0 Å². The van der Waals surface area contributed by atoms with Crippen molar-refractivity contribution in [1.29, 1.82) is 5.26 Å². The Morgan fingerprint density at radius 2 is 2.37 bits per heavy atom. The molecule has 0 saturated carbocycles. The molecular formula is C10H19ClN6OS. The van der Waals surface area contributed by atoms with E-state index in [-0.39, 0.29) is 17.9 Å². The lowest BCUT2D eigenvalue weighted by Crippen LogP contribution is -2.35. The zero-order valence-corrected chi connectivity index (χ0v) is 12.5. The van der Waals surface area contributed by atoms with Crippen LogP contribution >= 0.6 is 24.2 Å². The lowest BCUT2D eigenvalue weighted by molar-refractivity contribution is 0.824. The normalized spacial score (nSPS) is 9.84. The molecule has 0 amide bonds. The van der Waals surface area contributed by atoms with Crippen LogP contribution in [0.25, 0.3) is 0 Å². The van der Waals surface area contributed by atoms with Gasteiger partial charge in [-0.1, -0.05) is 0 Å². The van der Waals surface area contributed by atoms with Crippen molar-refractivity contribution in [3.05, 3.63) is 17.7 Å². The SMILES string of the molecule is CN/C(=N/C#N)NCCSCc1nc[nH]c1C.Cl.O. The summed E-state index contributed by atoms with van der Waals surface area (Å²) >= 11 is 1.79. The highest BCUT2D eigenvalue weighted by atomic mass is 35.5. The van der Waals surface area contributed by atoms with Gasteiger partial charge in [-0.15, -0.1) is 17.4 Å². The molecule has 0 spiro atoms. The second kappa shape index (κ2) is 11.6. The Morgan fingerprint density at radius 3 is 2.89 bits per heavy atom. The first-order valence-corrected chi connectivity index (χ1v) is 6.38. The lowest BCUT2D eigenvalue weighted by Gasteiger charge is -2.06. The van der Waals surface area contributed by atoms with Gasteiger partial charge in [0.25, 0.3) is 0 Å². The summed E-state index contributed by atoms with van der Waals surface area (Å²) in [5.74, 6) is 2.32. The highest BCUT2D eigenvalue weighted by molar-refractivity contribution is 7.98. The molecule has 5 N–H and O–H groups in total. The molecule has 0 fully saturated rings. The average molecular weight is 307 g/mol. The standard InChI is InChI=1S/C10H16N6S.ClH.H2O/c1-8-9(16-7-15-8)5-17-4-3-13-10(12-2)14-6-11;;/h7H,3-5H2,1-2H3,(H,15,16)(H2,12,13,14);1H;1H2. The van der Waals surface area contributed by atoms with Crippen LogP contribution in [0.2, 0.25) is 0 Å². The van der Waals surface area contributed by atoms with Crippen LogP contribution < -0.4 is 10.6 Å². The van der Waals surface area contributed by atoms with Gasteiger partial charge in [0, 0.05) is 30.8 Å². The number of thioether (sulfide) groups is 1. The van der Waals surface area contributed by atoms with Crippen LogP contribution in [0.4, 0.5) is 0 Å². The maximum atomic E-state index is 8.39. The number of hydrogen-bond acceptors (Lipinski definition) is 4. The van der Waals surface area contributed by atoms with E-state index in [0.717, 1.165) is 29.4 Å². The van der Waals surface area contributed by atoms with E-state index in [9.17, 15) is 0 Å². The summed E-state index contributed by atoms with van der Waals surface area (Å²) in [5.41, 5.74) is 2.21. The average Bonchev–Trinajstić information content (AvgIpc) is 2.73. The molecular weight excluding hydrogens is 288 g/mol. The van der Waals surface area contributed by atoms with Crippen molar-refractivity contribution >= 4 is 30.1 Å². The zero-order valence-electron chi connectivity index (χ0n) is 10.9. The fourth-order valence-corrected chi connectivity index (χ4v) is 2.05. The van der Waals surface area contributed by atoms with Crippen LogP contribution in [-0.4, -0.2) is 40.7 Å². The molecule has 0 aliphatic heterocycles. The fourth-order valence-electron chi connectivity index (χ4n) is 1.18. The number of nitrogens with one attached hydrogen (secondary N) is 3. The fraction of sp³-hybridized carbons (Fsp3) is 0.500. The van der Waals surface area contributed by atoms with Crippen LogP contribution in [0.1, 0.15) is 11.4 Å². The van der Waals surface area contributed by atoms with Crippen molar-refractivity contribution in [3.8, 4) is 6.19 Å². The minimum atomic E-state index is 0. The third-order valence-electron chi connectivity index (χ3n) is 2.11. The molecule has 1 aromatic heterocycles. The molecule has 0 unspecified atom stereocenters. The minimum Gasteiger partial charge on any atom is -0.412 e. The molecule has 0 saturated heterocycles. The van der Waals surface area contributed by atoms with Gasteiger partial charge in [0.2, 0.25) is 12.2 Å². The molecule has 1 aromatic rings. The topological polar surface area (TPSA) is 120 Å². The monoisotopic (exact) mass is 306 g/mol. The second-order valence-electron chi connectivity index (χ2n) is 3.26. The Labute approximate surface area is 123 Å². The first-order valence-electron chi connectivity index (χ1n) is 5.23. The molecule has 1 rings (SSSR count). The molecule has 1 heterocycles. The second-order valence-corrected chi connectivity index (χ2v) is 4.37. The smallest absolute Gasteiger partial charge is 0.209 e. The number of aliphatic imine (C=N–C) groups is 1. The Hall–Kier alpha value is -1.43. The van der Waals surface area contributed by atoms with Gasteiger partial charge in [-0.05, 0) is 6.92 Å². The van der Waals surface area contributed by atoms with Crippen molar-refractivity contribution in [3.63, 3.8) is 0 Å². The highest BCUT2D eigenvalue weighted by Crippen LogP contribution is 2.11. The van der Waals surface area contributed by atoms with Gasteiger partial charge in [-0.25, -0.2) is 4.98 Å². The third-order valence-corrected chi connectivity index (χ3v) is 3.08. The number of aryl methyl sites for hydroxylation is 1. The Balaban J connectivity index is 0. The molecule has 0 aliphatic carbocycles. The van der Waals surface area contributed by atoms with Gasteiger partial charge in [-0.3, -0.25) is 0 Å². The summed E-state index contributed by atoms with van der Waals surface area (Å²) < 4.78 is 0. The molecule has 0 bridgehead atoms. The van der Waals surface area contributed by atoms with Crippen molar-refractivity contribution in [2.45, 2.75) is 12.7 Å². The predicted octanol–water partition coefficient (Wildman–Crippen LogP) is 0.194. The number of nitrogens with zero attached hydrogens (tertiary/aromatic N) is 3. The number of H-pyrrole nitrogens is 1. The maximum Gasteiger partial charge on any atom is 0.209 e. The van der Waals surface area contributed by atoms with E-state index >= 15 is 0 Å². The van der Waals surface area contributed by atoms with Crippen LogP contribution in [0.5, 0.6) is 0 Å². The molecule has 19 heavy (non-hydrogen) atoms. The summed E-state index contributed by atoms with van der Waals surface area (Å²) in [6.45, 7) is 2.77. The zero-order chi connectivity index (χ0) is 12.5. The summed E-state index contributed by atoms with van der Waals surface area (Å²) in [6.07, 6.45) is 3.44. The molecule has 0 aliphatic rings. The van der Waals surface area contributed by atoms with Crippen molar-refractivity contribution in [2.24, 2.45) is 4.99 Å². The largest absolute Gasteiger partial charge is 0.412 e. The number of aromatic nitrogens is 2. The Kier molecular flexibility index (Phi) is 12.2. The molecule has 7 nitrogen and oxygen atoms in total. The van der Waals surface area contributed by atoms with E-state index in [4.69, 9.17) is 5.26 Å². The minimum absolute atomic E-state index is 0. The van der Waals surface area contributed by atoms with Crippen molar-refractivity contribution in [1.82, 2.24) is 20.6 Å². The number of guanidine groups is 1. The van der Waals surface area contributed by atoms with Gasteiger partial charge in [0.1, 0.15) is 0 Å². The van der Waals surface area contributed by atoms with Crippen LogP contribution in [-0.2, 0) is 5.75 Å². The number of halogens is 1. The quantitative estimate of drug-likeness (QED) is 0.310. The van der Waals surface area contributed by atoms with E-state index in [1.165, 1.54) is 0 Å². The van der Waals surface area contributed by atoms with Crippen LogP contribution in [0.15, 0.2) is 11.3 Å². The first-order chi connectivity index (χ1) is 8.27. The number of hydrogen-bond donors (Lipinski definition) is 3. The van der Waals surface area contributed by atoms with E-state index in [2.05, 4.69) is 25.6 Å². The van der Waals surface area contributed by atoms with E-state index in [0.29, 0.717) is 5.96 Å². The molecule has 0 aromatic carbocycles. The Bertz CT molecular complexity index is 416. The molecule has 0 atom stereocenters.